The monoisotopic (exact) mass is 365 g/mol. The second-order valence-corrected chi connectivity index (χ2v) is 8.22. The number of halogens is 1. The topological polar surface area (TPSA) is 44.4 Å². The van der Waals surface area contributed by atoms with Gasteiger partial charge < -0.3 is 15.5 Å². The highest BCUT2D eigenvalue weighted by atomic mass is 32.2. The summed E-state index contributed by atoms with van der Waals surface area (Å²) in [6.07, 6.45) is 8.68. The summed E-state index contributed by atoms with van der Waals surface area (Å²) in [6, 6.07) is 7.22. The van der Waals surface area contributed by atoms with Gasteiger partial charge in [0.25, 0.3) is 0 Å². The molecule has 25 heavy (non-hydrogen) atoms. The van der Waals surface area contributed by atoms with Crippen LogP contribution >= 0.6 is 11.8 Å². The third-order valence-electron chi connectivity index (χ3n) is 5.28. The maximum absolute atomic E-state index is 13.0. The smallest absolute Gasteiger partial charge is 0.317 e. The third kappa shape index (κ3) is 5.27. The number of benzene rings is 1. The molecule has 1 aliphatic heterocycles. The van der Waals surface area contributed by atoms with E-state index in [0.29, 0.717) is 17.3 Å². The van der Waals surface area contributed by atoms with Crippen LogP contribution in [0.5, 0.6) is 0 Å². The van der Waals surface area contributed by atoms with Crippen molar-refractivity contribution in [2.75, 3.05) is 24.7 Å². The van der Waals surface area contributed by atoms with E-state index in [1.165, 1.54) is 25.0 Å². The lowest BCUT2D eigenvalue weighted by Crippen LogP contribution is -2.50. The summed E-state index contributed by atoms with van der Waals surface area (Å²) in [4.78, 5) is 14.4. The first kappa shape index (κ1) is 18.4. The molecule has 0 spiro atoms. The lowest BCUT2D eigenvalue weighted by Gasteiger charge is -2.35. The van der Waals surface area contributed by atoms with Crippen molar-refractivity contribution in [3.8, 4) is 0 Å². The van der Waals surface area contributed by atoms with Crippen LogP contribution in [0.4, 0.5) is 14.9 Å². The molecule has 2 N–H and O–H groups in total. The van der Waals surface area contributed by atoms with Crippen LogP contribution in [-0.2, 0) is 0 Å². The van der Waals surface area contributed by atoms with Crippen molar-refractivity contribution in [3.63, 3.8) is 0 Å². The molecule has 1 aliphatic carbocycles. The quantitative estimate of drug-likeness (QED) is 0.845. The van der Waals surface area contributed by atoms with Crippen molar-refractivity contribution < 1.29 is 9.18 Å². The third-order valence-corrected chi connectivity index (χ3v) is 6.38. The molecule has 0 bridgehead atoms. The lowest BCUT2D eigenvalue weighted by molar-refractivity contribution is 0.177. The van der Waals surface area contributed by atoms with Crippen LogP contribution < -0.4 is 10.6 Å². The Morgan fingerprint density at radius 3 is 2.52 bits per heavy atom. The number of hydrogen-bond donors (Lipinski definition) is 2. The summed E-state index contributed by atoms with van der Waals surface area (Å²) < 4.78 is 13.0. The number of urea groups is 1. The molecule has 1 saturated heterocycles. The van der Waals surface area contributed by atoms with Crippen molar-refractivity contribution in [3.05, 3.63) is 30.1 Å². The molecule has 3 rings (SSSR count). The highest BCUT2D eigenvalue weighted by Gasteiger charge is 2.27. The van der Waals surface area contributed by atoms with Crippen LogP contribution in [0.3, 0.4) is 0 Å². The van der Waals surface area contributed by atoms with Crippen LogP contribution in [0.2, 0.25) is 0 Å². The summed E-state index contributed by atoms with van der Waals surface area (Å²) in [5.41, 5.74) is 0.939. The number of likely N-dealkylation sites (tertiary alicyclic amines) is 1. The number of nitrogens with zero attached hydrogens (tertiary/aromatic N) is 1. The fraction of sp³-hybridized carbons (Fsp3) is 0.632. The highest BCUT2D eigenvalue weighted by Crippen LogP contribution is 2.27. The zero-order valence-electron chi connectivity index (χ0n) is 14.8. The molecule has 1 saturated carbocycles. The van der Waals surface area contributed by atoms with E-state index in [4.69, 9.17) is 0 Å². The Hall–Kier alpha value is -1.43. The molecule has 0 unspecified atom stereocenters. The first-order valence-electron chi connectivity index (χ1n) is 9.24. The normalized spacial score (nSPS) is 24.8. The number of thioether (sulfide) groups is 1. The largest absolute Gasteiger partial charge is 0.382 e. The van der Waals surface area contributed by atoms with Gasteiger partial charge in [-0.2, -0.15) is 11.8 Å². The summed E-state index contributed by atoms with van der Waals surface area (Å²) in [5.74, 6) is -0.219. The van der Waals surface area contributed by atoms with Crippen LogP contribution in [-0.4, -0.2) is 47.6 Å². The molecule has 2 aliphatic rings. The van der Waals surface area contributed by atoms with E-state index in [-0.39, 0.29) is 11.8 Å². The van der Waals surface area contributed by atoms with Gasteiger partial charge in [-0.15, -0.1) is 0 Å². The van der Waals surface area contributed by atoms with E-state index in [1.54, 1.807) is 12.1 Å². The number of carbonyl (C=O) groups excluding carboxylic acids is 1. The highest BCUT2D eigenvalue weighted by molar-refractivity contribution is 7.99. The van der Waals surface area contributed by atoms with Gasteiger partial charge in [0.15, 0.2) is 0 Å². The molecule has 138 valence electrons. The molecule has 1 aromatic carbocycles. The summed E-state index contributed by atoms with van der Waals surface area (Å²) in [7, 11) is 0. The average molecular weight is 366 g/mol. The molecule has 0 radical (unpaired) electrons. The fourth-order valence-corrected chi connectivity index (χ4v) is 4.59. The number of piperidine rings is 1. The lowest BCUT2D eigenvalue weighted by atomic mass is 9.95. The van der Waals surface area contributed by atoms with Gasteiger partial charge in [0.05, 0.1) is 0 Å². The fourth-order valence-electron chi connectivity index (χ4n) is 3.76. The first-order valence-corrected chi connectivity index (χ1v) is 10.5. The molecule has 2 amide bonds. The minimum atomic E-state index is -0.219. The minimum Gasteiger partial charge on any atom is -0.382 e. The summed E-state index contributed by atoms with van der Waals surface area (Å²) in [5, 5.41) is 7.35. The number of rotatable bonds is 4. The van der Waals surface area contributed by atoms with E-state index in [9.17, 15) is 9.18 Å². The Morgan fingerprint density at radius 1 is 1.12 bits per heavy atom. The Bertz CT molecular complexity index is 560. The average Bonchev–Trinajstić information content (AvgIpc) is 2.64. The van der Waals surface area contributed by atoms with Gasteiger partial charge in [-0.1, -0.05) is 6.42 Å². The Labute approximate surface area is 153 Å². The van der Waals surface area contributed by atoms with E-state index in [0.717, 1.165) is 44.5 Å². The second kappa shape index (κ2) is 8.79. The molecule has 2 atom stereocenters. The SMILES string of the molecule is CS[C@H]1CCC[C@@H](NC(=O)N2CCC(Nc3ccc(F)cc3)CC2)C1. The zero-order chi connectivity index (χ0) is 17.6. The number of nitrogens with one attached hydrogen (secondary N) is 2. The van der Waals surface area contributed by atoms with Gasteiger partial charge in [0, 0.05) is 36.1 Å². The molecule has 2 fully saturated rings. The molecule has 0 aromatic heterocycles. The Kier molecular flexibility index (Phi) is 6.45. The van der Waals surface area contributed by atoms with Gasteiger partial charge in [-0.25, -0.2) is 9.18 Å². The van der Waals surface area contributed by atoms with Crippen molar-refractivity contribution in [1.82, 2.24) is 10.2 Å². The van der Waals surface area contributed by atoms with Crippen LogP contribution in [0, 0.1) is 5.82 Å². The maximum atomic E-state index is 13.0. The van der Waals surface area contributed by atoms with E-state index < -0.39 is 0 Å². The van der Waals surface area contributed by atoms with Gasteiger partial charge >= 0.3 is 6.03 Å². The maximum Gasteiger partial charge on any atom is 0.317 e. The minimum absolute atomic E-state index is 0.0898. The predicted octanol–water partition coefficient (Wildman–Crippen LogP) is 4.09. The second-order valence-electron chi connectivity index (χ2n) is 7.08. The van der Waals surface area contributed by atoms with E-state index >= 15 is 0 Å². The molecule has 1 heterocycles. The van der Waals surface area contributed by atoms with Crippen LogP contribution in [0.15, 0.2) is 24.3 Å². The predicted molar refractivity (Wildman–Crippen MR) is 103 cm³/mol. The van der Waals surface area contributed by atoms with E-state index in [2.05, 4.69) is 16.9 Å². The molecular weight excluding hydrogens is 337 g/mol. The summed E-state index contributed by atoms with van der Waals surface area (Å²) >= 11 is 1.92. The van der Waals surface area contributed by atoms with Gasteiger partial charge in [0.2, 0.25) is 0 Å². The molecule has 6 heteroatoms. The molecular formula is C19H28FN3OS. The van der Waals surface area contributed by atoms with Gasteiger partial charge in [-0.3, -0.25) is 0 Å². The zero-order valence-corrected chi connectivity index (χ0v) is 15.7. The summed E-state index contributed by atoms with van der Waals surface area (Å²) in [6.45, 7) is 1.53. The number of carbonyl (C=O) groups is 1. The molecule has 1 aromatic rings. The van der Waals surface area contributed by atoms with E-state index in [1.807, 2.05) is 16.7 Å². The van der Waals surface area contributed by atoms with Crippen molar-refractivity contribution >= 4 is 23.5 Å². The number of anilines is 1. The van der Waals surface area contributed by atoms with Crippen molar-refractivity contribution in [2.24, 2.45) is 0 Å². The molecule has 4 nitrogen and oxygen atoms in total. The first-order chi connectivity index (χ1) is 12.1. The van der Waals surface area contributed by atoms with Crippen LogP contribution in [0.25, 0.3) is 0 Å². The van der Waals surface area contributed by atoms with Crippen molar-refractivity contribution in [1.29, 1.82) is 0 Å². The van der Waals surface area contributed by atoms with Gasteiger partial charge in [0.1, 0.15) is 5.82 Å². The Balaban J connectivity index is 1.42. The standard InChI is InChI=1S/C19H28FN3OS/c1-25-18-4-2-3-17(13-18)22-19(24)23-11-9-16(10-12-23)21-15-7-5-14(20)6-8-15/h5-8,16-18,21H,2-4,9-13H2,1H3,(H,22,24)/t17-,18+/m1/s1. The number of hydrogen-bond acceptors (Lipinski definition) is 3. The van der Waals surface area contributed by atoms with Gasteiger partial charge in [-0.05, 0) is 62.6 Å². The Morgan fingerprint density at radius 2 is 1.84 bits per heavy atom. The van der Waals surface area contributed by atoms with Crippen LogP contribution in [0.1, 0.15) is 38.5 Å². The van der Waals surface area contributed by atoms with Crippen molar-refractivity contribution in [2.45, 2.75) is 55.9 Å². The number of amides is 2.